The predicted octanol–water partition coefficient (Wildman–Crippen LogP) is 4.08. The molecule has 1 heterocycles. The van der Waals surface area contributed by atoms with E-state index < -0.39 is 0 Å². The van der Waals surface area contributed by atoms with Crippen molar-refractivity contribution in [2.75, 3.05) is 10.6 Å². The molecule has 1 aromatic heterocycles. The third kappa shape index (κ3) is 3.58. The molecule has 0 spiro atoms. The number of hydrogen-bond acceptors (Lipinski definition) is 3. The maximum Gasteiger partial charge on any atom is 0.221 e. The molecule has 0 aliphatic rings. The van der Waals surface area contributed by atoms with E-state index in [1.165, 1.54) is 12.5 Å². The van der Waals surface area contributed by atoms with Crippen LogP contribution in [-0.4, -0.2) is 5.91 Å². The molecule has 0 atom stereocenters. The fourth-order valence-corrected chi connectivity index (χ4v) is 2.72. The van der Waals surface area contributed by atoms with E-state index in [0.29, 0.717) is 0 Å². The maximum atomic E-state index is 10.9. The molecule has 18 heavy (non-hydrogen) atoms. The van der Waals surface area contributed by atoms with Crippen LogP contribution in [0, 0.1) is 0 Å². The molecule has 5 heteroatoms. The Morgan fingerprint density at radius 2 is 2.22 bits per heavy atom. The number of hydrogen-bond donors (Lipinski definition) is 2. The van der Waals surface area contributed by atoms with Gasteiger partial charge in [0.25, 0.3) is 0 Å². The third-order valence-electron chi connectivity index (χ3n) is 2.35. The van der Waals surface area contributed by atoms with Gasteiger partial charge in [0.05, 0.1) is 0 Å². The Kier molecular flexibility index (Phi) is 4.38. The molecule has 0 bridgehead atoms. The summed E-state index contributed by atoms with van der Waals surface area (Å²) in [5.41, 5.74) is 3.06. The highest BCUT2D eigenvalue weighted by Gasteiger charge is 2.02. The first-order valence-corrected chi connectivity index (χ1v) is 7.21. The smallest absolute Gasteiger partial charge is 0.221 e. The summed E-state index contributed by atoms with van der Waals surface area (Å²) in [7, 11) is 0. The first-order valence-electron chi connectivity index (χ1n) is 5.47. The molecule has 0 saturated heterocycles. The predicted molar refractivity (Wildman–Crippen MR) is 80.1 cm³/mol. The van der Waals surface area contributed by atoms with Gasteiger partial charge in [0.1, 0.15) is 0 Å². The Morgan fingerprint density at radius 3 is 2.83 bits per heavy atom. The lowest BCUT2D eigenvalue weighted by molar-refractivity contribution is -0.114. The molecular weight excluding hydrogens is 312 g/mol. The first kappa shape index (κ1) is 13.1. The number of nitrogens with one attached hydrogen (secondary N) is 2. The zero-order valence-corrected chi connectivity index (χ0v) is 12.3. The quantitative estimate of drug-likeness (QED) is 0.889. The molecule has 2 aromatic rings. The fourth-order valence-electron chi connectivity index (χ4n) is 1.53. The summed E-state index contributed by atoms with van der Waals surface area (Å²) >= 11 is 5.18. The summed E-state index contributed by atoms with van der Waals surface area (Å²) in [6, 6.07) is 7.80. The lowest BCUT2D eigenvalue weighted by atomic mass is 10.2. The molecular formula is C13H13BrN2OS. The Morgan fingerprint density at radius 1 is 1.39 bits per heavy atom. The van der Waals surface area contributed by atoms with E-state index >= 15 is 0 Å². The lowest BCUT2D eigenvalue weighted by Gasteiger charge is -2.09. The minimum absolute atomic E-state index is 0.0686. The van der Waals surface area contributed by atoms with Crippen LogP contribution in [0.5, 0.6) is 0 Å². The van der Waals surface area contributed by atoms with Crippen LogP contribution in [0.1, 0.15) is 12.5 Å². The van der Waals surface area contributed by atoms with E-state index in [1.54, 1.807) is 11.3 Å². The summed E-state index contributed by atoms with van der Waals surface area (Å²) < 4.78 is 0.934. The molecule has 0 aliphatic carbocycles. The molecule has 1 amide bonds. The van der Waals surface area contributed by atoms with Gasteiger partial charge in [-0.3, -0.25) is 4.79 Å². The SMILES string of the molecule is CC(=O)Nc1ccc(NCc2ccsc2)c(Br)c1. The van der Waals surface area contributed by atoms with Gasteiger partial charge in [0.2, 0.25) is 5.91 Å². The van der Waals surface area contributed by atoms with Crippen LogP contribution in [-0.2, 0) is 11.3 Å². The highest BCUT2D eigenvalue weighted by atomic mass is 79.9. The van der Waals surface area contributed by atoms with Crippen LogP contribution in [0.25, 0.3) is 0 Å². The van der Waals surface area contributed by atoms with Crippen molar-refractivity contribution in [2.24, 2.45) is 0 Å². The van der Waals surface area contributed by atoms with Crippen LogP contribution >= 0.6 is 27.3 Å². The van der Waals surface area contributed by atoms with Crippen molar-refractivity contribution >= 4 is 44.5 Å². The largest absolute Gasteiger partial charge is 0.380 e. The monoisotopic (exact) mass is 324 g/mol. The summed E-state index contributed by atoms with van der Waals surface area (Å²) in [5, 5.41) is 10.3. The molecule has 3 nitrogen and oxygen atoms in total. The first-order chi connectivity index (χ1) is 8.65. The number of rotatable bonds is 4. The summed E-state index contributed by atoms with van der Waals surface area (Å²) in [5.74, 6) is -0.0686. The van der Waals surface area contributed by atoms with Crippen LogP contribution in [0.4, 0.5) is 11.4 Å². The van der Waals surface area contributed by atoms with Gasteiger partial charge in [0, 0.05) is 29.3 Å². The summed E-state index contributed by atoms with van der Waals surface area (Å²) in [4.78, 5) is 10.9. The van der Waals surface area contributed by atoms with Crippen LogP contribution in [0.2, 0.25) is 0 Å². The number of anilines is 2. The Labute approximate surface area is 118 Å². The second-order valence-corrected chi connectivity index (χ2v) is 5.50. The molecule has 0 aliphatic heterocycles. The molecule has 0 saturated carbocycles. The lowest BCUT2D eigenvalue weighted by Crippen LogP contribution is -2.06. The number of carbonyl (C=O) groups excluding carboxylic acids is 1. The summed E-state index contributed by atoms with van der Waals surface area (Å²) in [6.45, 7) is 2.29. The Hall–Kier alpha value is -1.33. The average Bonchev–Trinajstić information content (AvgIpc) is 2.80. The number of benzene rings is 1. The molecule has 2 rings (SSSR count). The molecule has 1 aromatic carbocycles. The molecule has 0 radical (unpaired) electrons. The van der Waals surface area contributed by atoms with Crippen molar-refractivity contribution in [3.05, 3.63) is 45.1 Å². The molecule has 94 valence electrons. The van der Waals surface area contributed by atoms with Gasteiger partial charge in [-0.05, 0) is 56.5 Å². The van der Waals surface area contributed by atoms with Gasteiger partial charge < -0.3 is 10.6 Å². The van der Waals surface area contributed by atoms with Gasteiger partial charge in [0.15, 0.2) is 0 Å². The second-order valence-electron chi connectivity index (χ2n) is 3.86. The Balaban J connectivity index is 2.03. The summed E-state index contributed by atoms with van der Waals surface area (Å²) in [6.07, 6.45) is 0. The highest BCUT2D eigenvalue weighted by molar-refractivity contribution is 9.10. The van der Waals surface area contributed by atoms with E-state index in [2.05, 4.69) is 43.4 Å². The van der Waals surface area contributed by atoms with Crippen molar-refractivity contribution in [1.29, 1.82) is 0 Å². The van der Waals surface area contributed by atoms with Crippen molar-refractivity contribution in [1.82, 2.24) is 0 Å². The number of thiophene rings is 1. The van der Waals surface area contributed by atoms with Crippen LogP contribution in [0.3, 0.4) is 0 Å². The van der Waals surface area contributed by atoms with E-state index in [4.69, 9.17) is 0 Å². The second kappa shape index (κ2) is 6.02. The van der Waals surface area contributed by atoms with Crippen molar-refractivity contribution < 1.29 is 4.79 Å². The van der Waals surface area contributed by atoms with Crippen molar-refractivity contribution in [3.63, 3.8) is 0 Å². The van der Waals surface area contributed by atoms with Gasteiger partial charge in [-0.1, -0.05) is 0 Å². The zero-order valence-electron chi connectivity index (χ0n) is 9.87. The molecule has 0 unspecified atom stereocenters. The van der Waals surface area contributed by atoms with Crippen molar-refractivity contribution in [3.8, 4) is 0 Å². The zero-order chi connectivity index (χ0) is 13.0. The van der Waals surface area contributed by atoms with Crippen LogP contribution < -0.4 is 10.6 Å². The highest BCUT2D eigenvalue weighted by Crippen LogP contribution is 2.26. The normalized spacial score (nSPS) is 10.1. The van der Waals surface area contributed by atoms with E-state index in [1.807, 2.05) is 18.2 Å². The Bertz CT molecular complexity index is 540. The standard InChI is InChI=1S/C13H13BrN2OS/c1-9(17)16-11-2-3-13(12(14)6-11)15-7-10-4-5-18-8-10/h2-6,8,15H,7H2,1H3,(H,16,17). The minimum Gasteiger partial charge on any atom is -0.380 e. The number of halogens is 1. The van der Waals surface area contributed by atoms with Crippen molar-refractivity contribution in [2.45, 2.75) is 13.5 Å². The van der Waals surface area contributed by atoms with E-state index in [9.17, 15) is 4.79 Å². The third-order valence-corrected chi connectivity index (χ3v) is 3.74. The number of carbonyl (C=O) groups is 1. The fraction of sp³-hybridized carbons (Fsp3) is 0.154. The van der Waals surface area contributed by atoms with Gasteiger partial charge >= 0.3 is 0 Å². The van der Waals surface area contributed by atoms with Gasteiger partial charge in [-0.25, -0.2) is 0 Å². The maximum absolute atomic E-state index is 10.9. The minimum atomic E-state index is -0.0686. The topological polar surface area (TPSA) is 41.1 Å². The van der Waals surface area contributed by atoms with Gasteiger partial charge in [-0.15, -0.1) is 0 Å². The molecule has 0 fully saturated rings. The van der Waals surface area contributed by atoms with Crippen LogP contribution in [0.15, 0.2) is 39.5 Å². The number of amides is 1. The van der Waals surface area contributed by atoms with Gasteiger partial charge in [-0.2, -0.15) is 11.3 Å². The van der Waals surface area contributed by atoms with E-state index in [-0.39, 0.29) is 5.91 Å². The molecule has 2 N–H and O–H groups in total. The average molecular weight is 325 g/mol. The van der Waals surface area contributed by atoms with E-state index in [0.717, 1.165) is 22.4 Å².